The zero-order valence-corrected chi connectivity index (χ0v) is 13.4. The average Bonchev–Trinajstić information content (AvgIpc) is 2.98. The predicted octanol–water partition coefficient (Wildman–Crippen LogP) is 2.18. The molecule has 0 radical (unpaired) electrons. The summed E-state index contributed by atoms with van der Waals surface area (Å²) in [4.78, 5) is 21.7. The van der Waals surface area contributed by atoms with Crippen molar-refractivity contribution in [3.8, 4) is 0 Å². The van der Waals surface area contributed by atoms with Crippen molar-refractivity contribution in [1.29, 1.82) is 0 Å². The van der Waals surface area contributed by atoms with E-state index in [2.05, 4.69) is 20.0 Å². The maximum Gasteiger partial charge on any atom is 0.263 e. The molecule has 1 saturated heterocycles. The fraction of sp³-hybridized carbons (Fsp3) is 0.353. The van der Waals surface area contributed by atoms with Gasteiger partial charge in [-0.3, -0.25) is 14.5 Å². The molecule has 0 spiro atoms. The first-order valence-electron chi connectivity index (χ1n) is 8.04. The van der Waals surface area contributed by atoms with Crippen LogP contribution in [0.15, 0.2) is 35.3 Å². The minimum absolute atomic E-state index is 0.163. The summed E-state index contributed by atoms with van der Waals surface area (Å²) in [5.41, 5.74) is 1.60. The van der Waals surface area contributed by atoms with Crippen molar-refractivity contribution in [2.75, 3.05) is 18.0 Å². The normalized spacial score (nSPS) is 16.0. The largest absolute Gasteiger partial charge is 0.342 e. The van der Waals surface area contributed by atoms with E-state index in [0.29, 0.717) is 22.9 Å². The fourth-order valence-corrected chi connectivity index (χ4v) is 3.33. The monoisotopic (exact) mass is 327 g/mol. The maximum absolute atomic E-state index is 13.1. The van der Waals surface area contributed by atoms with E-state index in [1.807, 2.05) is 12.1 Å². The molecule has 0 amide bonds. The van der Waals surface area contributed by atoms with Crippen molar-refractivity contribution in [2.45, 2.75) is 18.8 Å². The minimum Gasteiger partial charge on any atom is -0.342 e. The lowest BCUT2D eigenvalue weighted by Crippen LogP contribution is -2.35. The number of H-pyrrole nitrogens is 1. The Morgan fingerprint density at radius 3 is 2.62 bits per heavy atom. The van der Waals surface area contributed by atoms with Crippen LogP contribution >= 0.6 is 0 Å². The Bertz CT molecular complexity index is 922. The molecule has 1 aromatic carbocycles. The van der Waals surface area contributed by atoms with Gasteiger partial charge in [0.15, 0.2) is 5.65 Å². The number of anilines is 1. The zero-order valence-electron chi connectivity index (χ0n) is 13.4. The van der Waals surface area contributed by atoms with Crippen LogP contribution in [0.25, 0.3) is 11.0 Å². The van der Waals surface area contributed by atoms with Crippen molar-refractivity contribution in [1.82, 2.24) is 19.7 Å². The summed E-state index contributed by atoms with van der Waals surface area (Å²) in [7, 11) is 1.78. The summed E-state index contributed by atoms with van der Waals surface area (Å²) >= 11 is 0. The van der Waals surface area contributed by atoms with Gasteiger partial charge in [0, 0.05) is 20.1 Å². The molecule has 3 heterocycles. The van der Waals surface area contributed by atoms with Gasteiger partial charge in [-0.1, -0.05) is 12.1 Å². The molecule has 0 saturated carbocycles. The van der Waals surface area contributed by atoms with Crippen LogP contribution in [0.3, 0.4) is 0 Å². The number of hydrogen-bond acceptors (Lipinski definition) is 4. The summed E-state index contributed by atoms with van der Waals surface area (Å²) in [5.74, 6) is 0.796. The quantitative estimate of drug-likeness (QED) is 0.783. The molecule has 4 rings (SSSR count). The van der Waals surface area contributed by atoms with Crippen molar-refractivity contribution >= 4 is 17.0 Å². The minimum atomic E-state index is -0.206. The Kier molecular flexibility index (Phi) is 3.55. The van der Waals surface area contributed by atoms with Crippen LogP contribution in [0.5, 0.6) is 0 Å². The molecule has 2 aromatic heterocycles. The third kappa shape index (κ3) is 2.55. The highest BCUT2D eigenvalue weighted by atomic mass is 19.1. The molecule has 1 N–H and O–H groups in total. The van der Waals surface area contributed by atoms with Crippen molar-refractivity contribution in [3.05, 3.63) is 52.2 Å². The van der Waals surface area contributed by atoms with Crippen LogP contribution in [-0.4, -0.2) is 32.8 Å². The first-order chi connectivity index (χ1) is 11.6. The van der Waals surface area contributed by atoms with Crippen molar-refractivity contribution in [3.63, 3.8) is 0 Å². The van der Waals surface area contributed by atoms with Gasteiger partial charge in [-0.05, 0) is 36.5 Å². The molecule has 1 aliphatic rings. The second-order valence-corrected chi connectivity index (χ2v) is 6.21. The van der Waals surface area contributed by atoms with Crippen LogP contribution in [0.4, 0.5) is 10.3 Å². The average molecular weight is 327 g/mol. The summed E-state index contributed by atoms with van der Waals surface area (Å²) < 4.78 is 14.7. The molecule has 7 heteroatoms. The smallest absolute Gasteiger partial charge is 0.263 e. The van der Waals surface area contributed by atoms with Crippen molar-refractivity contribution in [2.24, 2.45) is 7.05 Å². The Morgan fingerprint density at radius 1 is 1.21 bits per heavy atom. The zero-order chi connectivity index (χ0) is 16.7. The standard InChI is InChI=1S/C17H18FN5O/c1-22-15-14(10-19-22)16(24)21-17(20-15)23-8-6-12(7-9-23)11-2-4-13(18)5-3-11/h2-5,10,12H,6-9H2,1H3,(H,20,21,24). The number of nitrogens with one attached hydrogen (secondary N) is 1. The highest BCUT2D eigenvalue weighted by Gasteiger charge is 2.23. The second-order valence-electron chi connectivity index (χ2n) is 6.21. The van der Waals surface area contributed by atoms with Gasteiger partial charge in [0.1, 0.15) is 11.2 Å². The Labute approximate surface area is 137 Å². The van der Waals surface area contributed by atoms with Gasteiger partial charge < -0.3 is 4.90 Å². The van der Waals surface area contributed by atoms with E-state index in [4.69, 9.17) is 0 Å². The topological polar surface area (TPSA) is 66.8 Å². The van der Waals surface area contributed by atoms with Gasteiger partial charge in [-0.15, -0.1) is 0 Å². The van der Waals surface area contributed by atoms with Crippen LogP contribution < -0.4 is 10.5 Å². The lowest BCUT2D eigenvalue weighted by Gasteiger charge is -2.32. The summed E-state index contributed by atoms with van der Waals surface area (Å²) in [6.45, 7) is 1.60. The van der Waals surface area contributed by atoms with Crippen LogP contribution in [0, 0.1) is 5.82 Å². The van der Waals surface area contributed by atoms with E-state index in [0.717, 1.165) is 25.9 Å². The molecular weight excluding hydrogens is 309 g/mol. The number of hydrogen-bond donors (Lipinski definition) is 1. The third-order valence-corrected chi connectivity index (χ3v) is 4.73. The summed E-state index contributed by atoms with van der Waals surface area (Å²) in [5, 5.41) is 4.59. The van der Waals surface area contributed by atoms with E-state index in [9.17, 15) is 9.18 Å². The number of halogens is 1. The molecule has 0 aliphatic carbocycles. The van der Waals surface area contributed by atoms with Gasteiger partial charge in [-0.2, -0.15) is 10.1 Å². The highest BCUT2D eigenvalue weighted by molar-refractivity contribution is 5.74. The van der Waals surface area contributed by atoms with Gasteiger partial charge in [-0.25, -0.2) is 4.39 Å². The van der Waals surface area contributed by atoms with E-state index in [1.54, 1.807) is 11.7 Å². The van der Waals surface area contributed by atoms with E-state index in [-0.39, 0.29) is 11.4 Å². The van der Waals surface area contributed by atoms with Crippen LogP contribution in [0.2, 0.25) is 0 Å². The lowest BCUT2D eigenvalue weighted by molar-refractivity contribution is 0.498. The number of aryl methyl sites for hydroxylation is 1. The fourth-order valence-electron chi connectivity index (χ4n) is 3.33. The first-order valence-corrected chi connectivity index (χ1v) is 8.04. The molecule has 24 heavy (non-hydrogen) atoms. The molecule has 0 bridgehead atoms. The van der Waals surface area contributed by atoms with Gasteiger partial charge >= 0.3 is 0 Å². The van der Waals surface area contributed by atoms with Crippen LogP contribution in [0.1, 0.15) is 24.3 Å². The number of rotatable bonds is 2. The molecule has 1 aliphatic heterocycles. The Morgan fingerprint density at radius 2 is 1.92 bits per heavy atom. The molecule has 1 fully saturated rings. The number of nitrogens with zero attached hydrogens (tertiary/aromatic N) is 4. The summed E-state index contributed by atoms with van der Waals surface area (Å²) in [6.07, 6.45) is 3.42. The van der Waals surface area contributed by atoms with E-state index < -0.39 is 0 Å². The molecule has 6 nitrogen and oxygen atoms in total. The van der Waals surface area contributed by atoms with Crippen LogP contribution in [-0.2, 0) is 7.05 Å². The Balaban J connectivity index is 1.54. The highest BCUT2D eigenvalue weighted by Crippen LogP contribution is 2.29. The number of aromatic nitrogens is 4. The lowest BCUT2D eigenvalue weighted by atomic mass is 9.89. The van der Waals surface area contributed by atoms with Gasteiger partial charge in [0.2, 0.25) is 5.95 Å². The molecule has 0 atom stereocenters. The molecular formula is C17H18FN5O. The predicted molar refractivity (Wildman–Crippen MR) is 89.7 cm³/mol. The van der Waals surface area contributed by atoms with E-state index in [1.165, 1.54) is 23.9 Å². The second kappa shape index (κ2) is 5.74. The van der Waals surface area contributed by atoms with Gasteiger partial charge in [0.25, 0.3) is 5.56 Å². The maximum atomic E-state index is 13.1. The first kappa shape index (κ1) is 14.9. The third-order valence-electron chi connectivity index (χ3n) is 4.73. The molecule has 124 valence electrons. The number of fused-ring (bicyclic) bond motifs is 1. The number of piperidine rings is 1. The van der Waals surface area contributed by atoms with Gasteiger partial charge in [0.05, 0.1) is 6.20 Å². The SMILES string of the molecule is Cn1ncc2c(=O)[nH]c(N3CCC(c4ccc(F)cc4)CC3)nc21. The Hall–Kier alpha value is -2.70. The molecule has 3 aromatic rings. The number of benzene rings is 1. The number of aromatic amines is 1. The molecule has 0 unspecified atom stereocenters. The summed E-state index contributed by atoms with van der Waals surface area (Å²) in [6, 6.07) is 6.74. The van der Waals surface area contributed by atoms with Crippen molar-refractivity contribution < 1.29 is 4.39 Å². The van der Waals surface area contributed by atoms with E-state index >= 15 is 0 Å².